The van der Waals surface area contributed by atoms with Crippen LogP contribution in [0.3, 0.4) is 0 Å². The minimum atomic E-state index is -0.304. The normalized spacial score (nSPS) is 17.2. The summed E-state index contributed by atoms with van der Waals surface area (Å²) in [5.74, 6) is 0.615. The number of aliphatic hydroxyl groups is 1. The summed E-state index contributed by atoms with van der Waals surface area (Å²) >= 11 is 0. The van der Waals surface area contributed by atoms with Crippen molar-refractivity contribution in [3.8, 4) is 0 Å². The van der Waals surface area contributed by atoms with Gasteiger partial charge in [0.25, 0.3) is 0 Å². The molecule has 0 radical (unpaired) electrons. The number of urea groups is 1. The maximum absolute atomic E-state index is 12.4. The number of fused-ring (bicyclic) bond motifs is 1. The number of rotatable bonds is 3. The van der Waals surface area contributed by atoms with Crippen LogP contribution in [-0.2, 0) is 13.0 Å². The van der Waals surface area contributed by atoms with Crippen molar-refractivity contribution in [1.29, 1.82) is 0 Å². The molecule has 1 aliphatic rings. The lowest BCUT2D eigenvalue weighted by Crippen LogP contribution is -2.46. The molecular formula is C16H19N3O3. The third-order valence-electron chi connectivity index (χ3n) is 3.94. The van der Waals surface area contributed by atoms with Crippen LogP contribution in [0.1, 0.15) is 28.6 Å². The zero-order valence-electron chi connectivity index (χ0n) is 12.5. The van der Waals surface area contributed by atoms with Crippen LogP contribution < -0.4 is 5.32 Å². The molecule has 22 heavy (non-hydrogen) atoms. The van der Waals surface area contributed by atoms with Crippen LogP contribution >= 0.6 is 0 Å². The summed E-state index contributed by atoms with van der Waals surface area (Å²) in [5, 5.41) is 16.3. The van der Waals surface area contributed by atoms with Crippen LogP contribution in [0.25, 0.3) is 0 Å². The van der Waals surface area contributed by atoms with Crippen LogP contribution in [0.2, 0.25) is 0 Å². The van der Waals surface area contributed by atoms with Crippen LogP contribution in [-0.4, -0.2) is 34.3 Å². The Morgan fingerprint density at radius 2 is 2.32 bits per heavy atom. The highest BCUT2D eigenvalue weighted by atomic mass is 16.5. The van der Waals surface area contributed by atoms with E-state index in [0.717, 1.165) is 17.7 Å². The van der Waals surface area contributed by atoms with Crippen molar-refractivity contribution in [2.45, 2.75) is 25.9 Å². The van der Waals surface area contributed by atoms with Gasteiger partial charge in [-0.3, -0.25) is 0 Å². The van der Waals surface area contributed by atoms with Crippen molar-refractivity contribution in [2.75, 3.05) is 13.2 Å². The summed E-state index contributed by atoms with van der Waals surface area (Å²) in [7, 11) is 0. The Bertz CT molecular complexity index is 668. The number of amides is 2. The molecule has 0 saturated heterocycles. The van der Waals surface area contributed by atoms with Gasteiger partial charge in [0.05, 0.1) is 24.9 Å². The number of hydrogen-bond donors (Lipinski definition) is 2. The molecule has 1 aliphatic heterocycles. The Morgan fingerprint density at radius 1 is 1.50 bits per heavy atom. The Labute approximate surface area is 128 Å². The van der Waals surface area contributed by atoms with Crippen LogP contribution in [0.15, 0.2) is 34.9 Å². The molecule has 3 rings (SSSR count). The predicted molar refractivity (Wildman–Crippen MR) is 80.2 cm³/mol. The third-order valence-corrected chi connectivity index (χ3v) is 3.94. The van der Waals surface area contributed by atoms with Crippen LogP contribution in [0, 0.1) is 6.92 Å². The molecule has 6 nitrogen and oxygen atoms in total. The van der Waals surface area contributed by atoms with Crippen molar-refractivity contribution in [1.82, 2.24) is 15.4 Å². The number of carbonyl (C=O) groups is 1. The molecule has 1 aromatic heterocycles. The minimum absolute atomic E-state index is 0.0914. The van der Waals surface area contributed by atoms with Gasteiger partial charge in [0.2, 0.25) is 0 Å². The van der Waals surface area contributed by atoms with E-state index in [1.807, 2.05) is 31.2 Å². The molecule has 0 unspecified atom stereocenters. The predicted octanol–water partition coefficient (Wildman–Crippen LogP) is 1.78. The van der Waals surface area contributed by atoms with E-state index in [2.05, 4.69) is 10.5 Å². The first-order valence-electron chi connectivity index (χ1n) is 7.34. The van der Waals surface area contributed by atoms with Crippen molar-refractivity contribution >= 4 is 6.03 Å². The lowest BCUT2D eigenvalue weighted by molar-refractivity contribution is 0.126. The highest BCUT2D eigenvalue weighted by Gasteiger charge is 2.30. The number of aromatic nitrogens is 1. The minimum Gasteiger partial charge on any atom is -0.394 e. The van der Waals surface area contributed by atoms with E-state index in [4.69, 9.17) is 4.52 Å². The molecule has 0 aliphatic carbocycles. The molecule has 2 heterocycles. The van der Waals surface area contributed by atoms with Crippen LogP contribution in [0.5, 0.6) is 0 Å². The molecule has 2 N–H and O–H groups in total. The van der Waals surface area contributed by atoms with Gasteiger partial charge in [0.1, 0.15) is 0 Å². The lowest BCUT2D eigenvalue weighted by atomic mass is 9.93. The molecule has 116 valence electrons. The second-order valence-electron chi connectivity index (χ2n) is 5.43. The smallest absolute Gasteiger partial charge is 0.318 e. The number of aryl methyl sites for hydroxylation is 1. The molecule has 1 atom stereocenters. The summed E-state index contributed by atoms with van der Waals surface area (Å²) < 4.78 is 5.08. The van der Waals surface area contributed by atoms with Gasteiger partial charge in [0, 0.05) is 12.6 Å². The van der Waals surface area contributed by atoms with Gasteiger partial charge in [-0.05, 0) is 24.5 Å². The van der Waals surface area contributed by atoms with Crippen molar-refractivity contribution < 1.29 is 14.4 Å². The maximum atomic E-state index is 12.4. The Morgan fingerprint density at radius 3 is 3.05 bits per heavy atom. The fourth-order valence-electron chi connectivity index (χ4n) is 2.86. The number of benzene rings is 1. The molecule has 0 saturated carbocycles. The summed E-state index contributed by atoms with van der Waals surface area (Å²) in [4.78, 5) is 14.1. The number of hydrogen-bond acceptors (Lipinski definition) is 4. The van der Waals surface area contributed by atoms with Gasteiger partial charge in [-0.2, -0.15) is 0 Å². The summed E-state index contributed by atoms with van der Waals surface area (Å²) in [6.45, 7) is 2.61. The maximum Gasteiger partial charge on any atom is 0.318 e. The van der Waals surface area contributed by atoms with Gasteiger partial charge in [0.15, 0.2) is 5.76 Å². The summed E-state index contributed by atoms with van der Waals surface area (Å²) in [5.41, 5.74) is 2.99. The van der Waals surface area contributed by atoms with Crippen molar-refractivity contribution in [2.24, 2.45) is 0 Å². The van der Waals surface area contributed by atoms with Gasteiger partial charge < -0.3 is 19.8 Å². The number of aliphatic hydroxyl groups excluding tert-OH is 1. The van der Waals surface area contributed by atoms with E-state index in [1.165, 1.54) is 5.56 Å². The fraction of sp³-hybridized carbons (Fsp3) is 0.375. The van der Waals surface area contributed by atoms with E-state index in [0.29, 0.717) is 12.3 Å². The first-order valence-corrected chi connectivity index (χ1v) is 7.34. The molecule has 2 amide bonds. The first kappa shape index (κ1) is 14.6. The highest BCUT2D eigenvalue weighted by molar-refractivity contribution is 5.75. The van der Waals surface area contributed by atoms with Crippen molar-refractivity contribution in [3.05, 3.63) is 52.9 Å². The second-order valence-corrected chi connectivity index (χ2v) is 5.43. The van der Waals surface area contributed by atoms with Crippen LogP contribution in [0.4, 0.5) is 4.79 Å². The standard InChI is InChI=1S/C16H19N3O3/c1-11-8-13(22-18-11)9-17-16(21)19-7-6-12-4-2-3-5-14(12)15(19)10-20/h2-5,8,15,20H,6-7,9-10H2,1H3,(H,17,21)/t15-/m0/s1. The second kappa shape index (κ2) is 6.19. The van der Waals surface area contributed by atoms with Crippen molar-refractivity contribution in [3.63, 3.8) is 0 Å². The van der Waals surface area contributed by atoms with E-state index in [-0.39, 0.29) is 25.2 Å². The van der Waals surface area contributed by atoms with E-state index in [1.54, 1.807) is 11.0 Å². The largest absolute Gasteiger partial charge is 0.394 e. The zero-order chi connectivity index (χ0) is 15.5. The molecule has 0 bridgehead atoms. The first-order chi connectivity index (χ1) is 10.7. The summed E-state index contributed by atoms with van der Waals surface area (Å²) in [6.07, 6.45) is 0.793. The molecule has 0 fully saturated rings. The molecule has 1 aromatic carbocycles. The molecular weight excluding hydrogens is 282 g/mol. The average molecular weight is 301 g/mol. The number of nitrogens with zero attached hydrogens (tertiary/aromatic N) is 2. The third kappa shape index (κ3) is 2.82. The lowest BCUT2D eigenvalue weighted by Gasteiger charge is -2.36. The van der Waals surface area contributed by atoms with E-state index in [9.17, 15) is 9.90 Å². The molecule has 2 aromatic rings. The topological polar surface area (TPSA) is 78.6 Å². The van der Waals surface area contributed by atoms with Gasteiger partial charge >= 0.3 is 6.03 Å². The average Bonchev–Trinajstić information content (AvgIpc) is 2.97. The monoisotopic (exact) mass is 301 g/mol. The molecule has 0 spiro atoms. The quantitative estimate of drug-likeness (QED) is 0.906. The zero-order valence-corrected chi connectivity index (χ0v) is 12.5. The SMILES string of the molecule is Cc1cc(CNC(=O)N2CCc3ccccc3[C@@H]2CO)on1. The Kier molecular flexibility index (Phi) is 4.11. The van der Waals surface area contributed by atoms with E-state index >= 15 is 0 Å². The number of carbonyl (C=O) groups excluding carboxylic acids is 1. The van der Waals surface area contributed by atoms with Gasteiger partial charge in [-0.15, -0.1) is 0 Å². The highest BCUT2D eigenvalue weighted by Crippen LogP contribution is 2.29. The summed E-state index contributed by atoms with van der Waals surface area (Å²) in [6, 6.07) is 9.20. The Balaban J connectivity index is 1.70. The number of nitrogens with one attached hydrogen (secondary N) is 1. The van der Waals surface area contributed by atoms with E-state index < -0.39 is 0 Å². The fourth-order valence-corrected chi connectivity index (χ4v) is 2.86. The molecule has 6 heteroatoms. The van der Waals surface area contributed by atoms with Gasteiger partial charge in [-0.25, -0.2) is 4.79 Å². The van der Waals surface area contributed by atoms with Gasteiger partial charge in [-0.1, -0.05) is 29.4 Å². The Hall–Kier alpha value is -2.34.